The largest absolute Gasteiger partial charge is 0.333 e. The number of carbonyl (C=O) groups excluding carboxylic acids is 1. The van der Waals surface area contributed by atoms with Gasteiger partial charge >= 0.3 is 0 Å². The SMILES string of the molecule is O=NCc1cccc(-c2cnc(C(=O)N3CCN(S(=O)(=O)c4nc5ccc(Cl)cc5[nH]4)CC3)nc2)n1. The molecule has 1 amide bonds. The normalized spacial score (nSPS) is 14.8. The minimum Gasteiger partial charge on any atom is -0.333 e. The Balaban J connectivity index is 1.25. The lowest BCUT2D eigenvalue weighted by molar-refractivity contribution is 0.0685. The molecule has 1 fully saturated rings. The Morgan fingerprint density at radius 2 is 1.81 bits per heavy atom. The van der Waals surface area contributed by atoms with Crippen molar-refractivity contribution < 1.29 is 13.2 Å². The molecule has 0 saturated carbocycles. The van der Waals surface area contributed by atoms with E-state index in [-0.39, 0.29) is 43.7 Å². The molecule has 4 heterocycles. The molecule has 0 spiro atoms. The lowest BCUT2D eigenvalue weighted by Gasteiger charge is -2.33. The van der Waals surface area contributed by atoms with Crippen LogP contribution >= 0.6 is 11.6 Å². The van der Waals surface area contributed by atoms with Crippen LogP contribution in [0.15, 0.2) is 59.1 Å². The van der Waals surface area contributed by atoms with Gasteiger partial charge < -0.3 is 9.88 Å². The third-order valence-electron chi connectivity index (χ3n) is 5.70. The fourth-order valence-corrected chi connectivity index (χ4v) is 5.35. The average molecular weight is 527 g/mol. The zero-order valence-corrected chi connectivity index (χ0v) is 20.3. The first-order valence-corrected chi connectivity index (χ1v) is 12.7. The minimum atomic E-state index is -3.87. The van der Waals surface area contributed by atoms with Gasteiger partial charge in [0.2, 0.25) is 11.0 Å². The molecule has 1 aliphatic heterocycles. The maximum absolute atomic E-state index is 13.1. The van der Waals surface area contributed by atoms with Crippen LogP contribution in [0.1, 0.15) is 16.3 Å². The maximum atomic E-state index is 13.1. The second-order valence-electron chi connectivity index (χ2n) is 8.00. The van der Waals surface area contributed by atoms with Gasteiger partial charge in [0.05, 0.1) is 22.4 Å². The summed E-state index contributed by atoms with van der Waals surface area (Å²) in [5.74, 6) is -0.404. The number of pyridine rings is 1. The Kier molecular flexibility index (Phi) is 6.43. The van der Waals surface area contributed by atoms with E-state index >= 15 is 0 Å². The van der Waals surface area contributed by atoms with E-state index in [1.807, 2.05) is 0 Å². The number of imidazole rings is 1. The molecular weight excluding hydrogens is 508 g/mol. The minimum absolute atomic E-state index is 0.00469. The van der Waals surface area contributed by atoms with E-state index in [4.69, 9.17) is 11.6 Å². The topological polar surface area (TPSA) is 154 Å². The summed E-state index contributed by atoms with van der Waals surface area (Å²) in [4.78, 5) is 44.5. The number of nitrogens with one attached hydrogen (secondary N) is 1. The number of amides is 1. The number of benzene rings is 1. The van der Waals surface area contributed by atoms with Crippen LogP contribution in [0.25, 0.3) is 22.3 Å². The van der Waals surface area contributed by atoms with Gasteiger partial charge in [-0.05, 0) is 30.3 Å². The molecule has 3 aromatic heterocycles. The molecule has 12 nitrogen and oxygen atoms in total. The number of aromatic amines is 1. The van der Waals surface area contributed by atoms with Crippen molar-refractivity contribution in [2.75, 3.05) is 26.2 Å². The van der Waals surface area contributed by atoms with E-state index in [0.717, 1.165) is 0 Å². The molecule has 5 rings (SSSR count). The van der Waals surface area contributed by atoms with Crippen LogP contribution in [-0.4, -0.2) is 74.6 Å². The maximum Gasteiger partial charge on any atom is 0.291 e. The van der Waals surface area contributed by atoms with Gasteiger partial charge in [-0.15, -0.1) is 0 Å². The zero-order valence-electron chi connectivity index (χ0n) is 18.7. The van der Waals surface area contributed by atoms with Crippen LogP contribution in [0.2, 0.25) is 5.02 Å². The van der Waals surface area contributed by atoms with Crippen molar-refractivity contribution >= 4 is 38.6 Å². The molecule has 0 atom stereocenters. The fourth-order valence-electron chi connectivity index (χ4n) is 3.84. The first-order valence-electron chi connectivity index (χ1n) is 10.9. The average Bonchev–Trinajstić information content (AvgIpc) is 3.33. The summed E-state index contributed by atoms with van der Waals surface area (Å²) in [6, 6.07) is 10.1. The van der Waals surface area contributed by atoms with E-state index < -0.39 is 15.9 Å². The van der Waals surface area contributed by atoms with Gasteiger partial charge in [0.1, 0.15) is 6.54 Å². The second kappa shape index (κ2) is 9.68. The number of rotatable bonds is 6. The van der Waals surface area contributed by atoms with E-state index in [0.29, 0.717) is 33.0 Å². The van der Waals surface area contributed by atoms with Gasteiger partial charge in [0.25, 0.3) is 15.9 Å². The standard InChI is InChI=1S/C22H19ClN8O4S/c23-15-4-5-18-19(10-15)29-22(28-18)36(34,35)31-8-6-30(7-9-31)21(32)20-24-11-14(12-25-20)17-3-1-2-16(27-17)13-26-33/h1-5,10-12H,6-9,13H2,(H,28,29). The highest BCUT2D eigenvalue weighted by Crippen LogP contribution is 2.22. The summed E-state index contributed by atoms with van der Waals surface area (Å²) in [7, 11) is -3.87. The number of hydrogen-bond donors (Lipinski definition) is 1. The third kappa shape index (κ3) is 4.67. The van der Waals surface area contributed by atoms with Crippen molar-refractivity contribution in [3.63, 3.8) is 0 Å². The molecule has 14 heteroatoms. The van der Waals surface area contributed by atoms with Crippen molar-refractivity contribution in [2.45, 2.75) is 11.7 Å². The number of aromatic nitrogens is 5. The molecule has 0 bridgehead atoms. The van der Waals surface area contributed by atoms with Crippen molar-refractivity contribution in [1.82, 2.24) is 34.1 Å². The van der Waals surface area contributed by atoms with E-state index in [1.165, 1.54) is 21.6 Å². The molecule has 184 valence electrons. The van der Waals surface area contributed by atoms with Gasteiger partial charge in [0, 0.05) is 49.2 Å². The number of piperazine rings is 1. The number of sulfonamides is 1. The van der Waals surface area contributed by atoms with Crippen LogP contribution in [0.4, 0.5) is 0 Å². The predicted molar refractivity (Wildman–Crippen MR) is 131 cm³/mol. The predicted octanol–water partition coefficient (Wildman–Crippen LogP) is 2.48. The van der Waals surface area contributed by atoms with E-state index in [1.54, 1.807) is 36.4 Å². The molecule has 1 N–H and O–H groups in total. The molecule has 1 aliphatic rings. The molecule has 36 heavy (non-hydrogen) atoms. The van der Waals surface area contributed by atoms with Crippen LogP contribution in [0, 0.1) is 4.91 Å². The van der Waals surface area contributed by atoms with Crippen molar-refractivity contribution in [1.29, 1.82) is 0 Å². The van der Waals surface area contributed by atoms with E-state index in [9.17, 15) is 18.1 Å². The van der Waals surface area contributed by atoms with Gasteiger partial charge in [-0.2, -0.15) is 9.21 Å². The molecular formula is C22H19ClN8O4S. The van der Waals surface area contributed by atoms with E-state index in [2.05, 4.69) is 30.1 Å². The molecule has 4 aromatic rings. The summed E-state index contributed by atoms with van der Waals surface area (Å²) < 4.78 is 27.4. The number of nitroso groups, excluding NO2 is 1. The number of carbonyl (C=O) groups is 1. The van der Waals surface area contributed by atoms with Gasteiger partial charge in [0.15, 0.2) is 0 Å². The molecule has 0 unspecified atom stereocenters. The lowest BCUT2D eigenvalue weighted by atomic mass is 10.2. The van der Waals surface area contributed by atoms with Crippen molar-refractivity contribution in [3.05, 3.63) is 70.2 Å². The van der Waals surface area contributed by atoms with Crippen molar-refractivity contribution in [2.24, 2.45) is 5.18 Å². The molecule has 0 aliphatic carbocycles. The Labute approximate surface area is 210 Å². The van der Waals surface area contributed by atoms with Gasteiger partial charge in [-0.3, -0.25) is 9.78 Å². The Morgan fingerprint density at radius 1 is 1.06 bits per heavy atom. The Morgan fingerprint density at radius 3 is 2.53 bits per heavy atom. The van der Waals surface area contributed by atoms with Crippen LogP contribution < -0.4 is 0 Å². The van der Waals surface area contributed by atoms with Crippen LogP contribution in [-0.2, 0) is 16.6 Å². The Bertz CT molecular complexity index is 1550. The van der Waals surface area contributed by atoms with Gasteiger partial charge in [-0.1, -0.05) is 22.8 Å². The van der Waals surface area contributed by atoms with Crippen molar-refractivity contribution in [3.8, 4) is 11.3 Å². The summed E-state index contributed by atoms with van der Waals surface area (Å²) >= 11 is 5.97. The first kappa shape index (κ1) is 23.9. The number of hydrogen-bond acceptors (Lipinski definition) is 9. The summed E-state index contributed by atoms with van der Waals surface area (Å²) in [6.45, 7) is 0.517. The number of H-pyrrole nitrogens is 1. The number of fused-ring (bicyclic) bond motifs is 1. The highest BCUT2D eigenvalue weighted by atomic mass is 35.5. The monoisotopic (exact) mass is 526 g/mol. The van der Waals surface area contributed by atoms with Crippen LogP contribution in [0.3, 0.4) is 0 Å². The highest BCUT2D eigenvalue weighted by molar-refractivity contribution is 7.89. The molecule has 1 aromatic carbocycles. The summed E-state index contributed by atoms with van der Waals surface area (Å²) in [6.07, 6.45) is 2.96. The number of nitrogens with zero attached hydrogens (tertiary/aromatic N) is 7. The smallest absolute Gasteiger partial charge is 0.291 e. The summed E-state index contributed by atoms with van der Waals surface area (Å²) in [5, 5.41) is 3.14. The lowest BCUT2D eigenvalue weighted by Crippen LogP contribution is -2.50. The van der Waals surface area contributed by atoms with Gasteiger partial charge in [-0.25, -0.2) is 23.4 Å². The number of halogens is 1. The molecule has 1 saturated heterocycles. The third-order valence-corrected chi connectivity index (χ3v) is 7.67. The quantitative estimate of drug-likeness (QED) is 0.376. The molecule has 0 radical (unpaired) electrons. The fraction of sp³-hybridized carbons (Fsp3) is 0.227. The highest BCUT2D eigenvalue weighted by Gasteiger charge is 2.33. The second-order valence-corrected chi connectivity index (χ2v) is 10.3. The summed E-state index contributed by atoms with van der Waals surface area (Å²) in [5.41, 5.74) is 2.68. The first-order chi connectivity index (χ1) is 17.3. The van der Waals surface area contributed by atoms with Crippen LogP contribution in [0.5, 0.6) is 0 Å². The Hall–Kier alpha value is -3.81. The zero-order chi connectivity index (χ0) is 25.3.